The molecule has 1 saturated carbocycles. The molecule has 0 amide bonds. The first-order chi connectivity index (χ1) is 10.0. The first-order valence-electron chi connectivity index (χ1n) is 7.74. The molecule has 5 nitrogen and oxygen atoms in total. The Labute approximate surface area is 130 Å². The predicted octanol–water partition coefficient (Wildman–Crippen LogP) is 1.90. The van der Waals surface area contributed by atoms with Crippen LogP contribution < -0.4 is 4.90 Å². The third-order valence-electron chi connectivity index (χ3n) is 4.17. The van der Waals surface area contributed by atoms with Crippen LogP contribution in [0.15, 0.2) is 6.07 Å². The van der Waals surface area contributed by atoms with Crippen molar-refractivity contribution in [3.8, 4) is 0 Å². The third-order valence-corrected chi connectivity index (χ3v) is 4.36. The number of nitrogens with zero attached hydrogens (tertiary/aromatic N) is 4. The lowest BCUT2D eigenvalue weighted by Crippen LogP contribution is -2.53. The van der Waals surface area contributed by atoms with Crippen LogP contribution in [0.3, 0.4) is 0 Å². The van der Waals surface area contributed by atoms with Gasteiger partial charge < -0.3 is 10.0 Å². The van der Waals surface area contributed by atoms with Crippen LogP contribution in [0.1, 0.15) is 38.4 Å². The summed E-state index contributed by atoms with van der Waals surface area (Å²) in [5, 5.41) is 10.1. The highest BCUT2D eigenvalue weighted by Crippen LogP contribution is 2.39. The summed E-state index contributed by atoms with van der Waals surface area (Å²) < 4.78 is 0. The number of anilines is 1. The molecule has 2 fully saturated rings. The molecule has 2 heterocycles. The highest BCUT2D eigenvalue weighted by atomic mass is 35.5. The fourth-order valence-corrected chi connectivity index (χ4v) is 3.19. The summed E-state index contributed by atoms with van der Waals surface area (Å²) in [4.78, 5) is 13.7. The van der Waals surface area contributed by atoms with Crippen molar-refractivity contribution in [3.63, 3.8) is 0 Å². The van der Waals surface area contributed by atoms with E-state index in [9.17, 15) is 5.11 Å². The van der Waals surface area contributed by atoms with Gasteiger partial charge in [-0.25, -0.2) is 9.97 Å². The zero-order valence-corrected chi connectivity index (χ0v) is 13.4. The molecule has 0 bridgehead atoms. The van der Waals surface area contributed by atoms with Gasteiger partial charge in [0.05, 0.1) is 6.10 Å². The van der Waals surface area contributed by atoms with Gasteiger partial charge in [-0.05, 0) is 26.7 Å². The van der Waals surface area contributed by atoms with E-state index in [2.05, 4.69) is 21.7 Å². The van der Waals surface area contributed by atoms with Crippen molar-refractivity contribution in [2.75, 3.05) is 31.1 Å². The molecule has 2 aliphatic rings. The van der Waals surface area contributed by atoms with Gasteiger partial charge in [0, 0.05) is 44.2 Å². The average Bonchev–Trinajstić information content (AvgIpc) is 3.21. The van der Waals surface area contributed by atoms with Crippen molar-refractivity contribution in [2.24, 2.45) is 0 Å². The van der Waals surface area contributed by atoms with E-state index in [0.717, 1.165) is 37.8 Å². The lowest BCUT2D eigenvalue weighted by atomic mass is 10.1. The second kappa shape index (κ2) is 6.07. The van der Waals surface area contributed by atoms with Crippen molar-refractivity contribution in [1.82, 2.24) is 14.9 Å². The smallest absolute Gasteiger partial charge is 0.135 e. The summed E-state index contributed by atoms with van der Waals surface area (Å²) in [5.41, 5.74) is 0. The fourth-order valence-electron chi connectivity index (χ4n) is 3.01. The Hall–Kier alpha value is -0.910. The van der Waals surface area contributed by atoms with Crippen LogP contribution in [0.25, 0.3) is 0 Å². The minimum Gasteiger partial charge on any atom is -0.392 e. The Bertz CT molecular complexity index is 506. The summed E-state index contributed by atoms with van der Waals surface area (Å²) in [7, 11) is 0. The van der Waals surface area contributed by atoms with Crippen LogP contribution in [0.2, 0.25) is 5.15 Å². The van der Waals surface area contributed by atoms with Crippen LogP contribution in [-0.4, -0.2) is 58.3 Å². The third kappa shape index (κ3) is 3.65. The summed E-state index contributed by atoms with van der Waals surface area (Å²) in [6, 6.07) is 2.23. The van der Waals surface area contributed by atoms with E-state index in [0.29, 0.717) is 17.1 Å². The molecular formula is C15H23ClN4O. The molecule has 1 aliphatic carbocycles. The Balaban J connectivity index is 1.72. The second-order valence-electron chi connectivity index (χ2n) is 6.33. The van der Waals surface area contributed by atoms with Crippen molar-refractivity contribution in [1.29, 1.82) is 0 Å². The van der Waals surface area contributed by atoms with Gasteiger partial charge in [0.1, 0.15) is 16.8 Å². The van der Waals surface area contributed by atoms with E-state index in [1.54, 1.807) is 0 Å². The molecule has 1 aliphatic heterocycles. The second-order valence-corrected chi connectivity index (χ2v) is 6.72. The Morgan fingerprint density at radius 1 is 1.38 bits per heavy atom. The largest absolute Gasteiger partial charge is 0.392 e. The molecular weight excluding hydrogens is 288 g/mol. The topological polar surface area (TPSA) is 52.5 Å². The fraction of sp³-hybridized carbons (Fsp3) is 0.733. The minimum absolute atomic E-state index is 0.279. The zero-order valence-electron chi connectivity index (χ0n) is 12.7. The van der Waals surface area contributed by atoms with Crippen LogP contribution >= 0.6 is 11.6 Å². The summed E-state index contributed by atoms with van der Waals surface area (Å²) in [5.74, 6) is 2.35. The molecule has 6 heteroatoms. The number of aromatic nitrogens is 2. The first-order valence-corrected chi connectivity index (χ1v) is 8.12. The number of rotatable bonds is 4. The standard InChI is InChI=1S/C15H23ClN4O/c1-10-8-19(9-11(2)21)5-6-20(10)14-7-13(16)17-15(18-14)12-3-4-12/h7,10-12,21H,3-6,8-9H2,1-2H3. The average molecular weight is 311 g/mol. The van der Waals surface area contributed by atoms with E-state index in [1.165, 1.54) is 12.8 Å². The Kier molecular flexibility index (Phi) is 4.33. The first kappa shape index (κ1) is 15.0. The van der Waals surface area contributed by atoms with E-state index >= 15 is 0 Å². The zero-order chi connectivity index (χ0) is 15.0. The summed E-state index contributed by atoms with van der Waals surface area (Å²) in [6.45, 7) is 7.55. The molecule has 0 aromatic carbocycles. The highest BCUT2D eigenvalue weighted by Gasteiger charge is 2.30. The van der Waals surface area contributed by atoms with Crippen LogP contribution in [0, 0.1) is 0 Å². The van der Waals surface area contributed by atoms with Crippen molar-refractivity contribution < 1.29 is 5.11 Å². The number of hydrogen-bond acceptors (Lipinski definition) is 5. The van der Waals surface area contributed by atoms with Gasteiger partial charge in [0.15, 0.2) is 0 Å². The number of piperazine rings is 1. The molecule has 1 aromatic heterocycles. The van der Waals surface area contributed by atoms with Crippen molar-refractivity contribution in [3.05, 3.63) is 17.0 Å². The van der Waals surface area contributed by atoms with Crippen LogP contribution in [-0.2, 0) is 0 Å². The quantitative estimate of drug-likeness (QED) is 0.861. The maximum absolute atomic E-state index is 9.52. The molecule has 0 radical (unpaired) electrons. The molecule has 2 unspecified atom stereocenters. The number of hydrogen-bond donors (Lipinski definition) is 1. The van der Waals surface area contributed by atoms with Gasteiger partial charge in [-0.2, -0.15) is 0 Å². The molecule has 1 saturated heterocycles. The van der Waals surface area contributed by atoms with E-state index in [-0.39, 0.29) is 6.10 Å². The maximum Gasteiger partial charge on any atom is 0.135 e. The van der Waals surface area contributed by atoms with E-state index < -0.39 is 0 Å². The number of aliphatic hydroxyl groups is 1. The van der Waals surface area contributed by atoms with Gasteiger partial charge in [-0.1, -0.05) is 11.6 Å². The molecule has 0 spiro atoms. The minimum atomic E-state index is -0.279. The van der Waals surface area contributed by atoms with Gasteiger partial charge in [0.25, 0.3) is 0 Å². The lowest BCUT2D eigenvalue weighted by molar-refractivity contribution is 0.114. The molecule has 1 aromatic rings. The van der Waals surface area contributed by atoms with E-state index in [4.69, 9.17) is 16.6 Å². The molecule has 21 heavy (non-hydrogen) atoms. The normalized spacial score (nSPS) is 25.1. The lowest BCUT2D eigenvalue weighted by Gasteiger charge is -2.41. The Morgan fingerprint density at radius 3 is 2.76 bits per heavy atom. The van der Waals surface area contributed by atoms with Gasteiger partial charge in [0.2, 0.25) is 0 Å². The monoisotopic (exact) mass is 310 g/mol. The summed E-state index contributed by atoms with van der Waals surface area (Å²) in [6.07, 6.45) is 2.08. The van der Waals surface area contributed by atoms with Crippen molar-refractivity contribution >= 4 is 17.4 Å². The SMILES string of the molecule is CC(O)CN1CCN(c2cc(Cl)nc(C3CC3)n2)C(C)C1. The predicted molar refractivity (Wildman–Crippen MR) is 83.9 cm³/mol. The molecule has 116 valence electrons. The summed E-state index contributed by atoms with van der Waals surface area (Å²) >= 11 is 6.17. The molecule has 2 atom stereocenters. The van der Waals surface area contributed by atoms with Crippen LogP contribution in [0.4, 0.5) is 5.82 Å². The maximum atomic E-state index is 9.52. The van der Waals surface area contributed by atoms with Gasteiger partial charge in [-0.15, -0.1) is 0 Å². The van der Waals surface area contributed by atoms with E-state index in [1.807, 2.05) is 13.0 Å². The van der Waals surface area contributed by atoms with Gasteiger partial charge >= 0.3 is 0 Å². The number of halogens is 1. The highest BCUT2D eigenvalue weighted by molar-refractivity contribution is 6.29. The Morgan fingerprint density at radius 2 is 2.14 bits per heavy atom. The number of β-amino-alcohol motifs (C(OH)–C–C–N with tert-alkyl or cyclic N) is 1. The molecule has 1 N–H and O–H groups in total. The van der Waals surface area contributed by atoms with Crippen LogP contribution in [0.5, 0.6) is 0 Å². The molecule has 3 rings (SSSR count). The van der Waals surface area contributed by atoms with Crippen molar-refractivity contribution in [2.45, 2.75) is 44.8 Å². The number of aliphatic hydroxyl groups excluding tert-OH is 1. The van der Waals surface area contributed by atoms with Gasteiger partial charge in [-0.3, -0.25) is 4.90 Å².